The van der Waals surface area contributed by atoms with E-state index >= 15 is 0 Å². The Bertz CT molecular complexity index is 818. The first kappa shape index (κ1) is 17.7. The van der Waals surface area contributed by atoms with Crippen LogP contribution in [0.1, 0.15) is 0 Å². The number of nitrogens with zero attached hydrogens (tertiary/aromatic N) is 6. The van der Waals surface area contributed by atoms with E-state index in [1.54, 1.807) is 26.6 Å². The maximum absolute atomic E-state index is 5.34. The highest BCUT2D eigenvalue weighted by Crippen LogP contribution is 2.29. The molecule has 1 fully saturated rings. The molecule has 142 valence electrons. The van der Waals surface area contributed by atoms with Crippen LogP contribution in [0, 0.1) is 0 Å². The number of anilines is 1. The van der Waals surface area contributed by atoms with Crippen molar-refractivity contribution in [1.82, 2.24) is 9.91 Å². The molecule has 0 spiro atoms. The average Bonchev–Trinajstić information content (AvgIpc) is 3.07. The summed E-state index contributed by atoms with van der Waals surface area (Å²) in [6.07, 6.45) is 5.51. The molecule has 1 saturated heterocycles. The summed E-state index contributed by atoms with van der Waals surface area (Å²) >= 11 is 0. The standard InChI is InChI=1S/C18H24N7O2/c1-23-5-7-24(8-6-23)25-9-4-19-13-17(25)21-18(22-25)20-14-10-15(26-2)12-16(11-14)27-3/h4,9-13H,5-8H2,1-3H3,(H,20,22)/q+1. The van der Waals surface area contributed by atoms with Gasteiger partial charge in [-0.05, 0) is 16.9 Å². The van der Waals surface area contributed by atoms with Crippen molar-refractivity contribution >= 4 is 23.7 Å². The van der Waals surface area contributed by atoms with Crippen LogP contribution in [0.4, 0.5) is 5.69 Å². The van der Waals surface area contributed by atoms with Crippen LogP contribution in [0.25, 0.3) is 0 Å². The van der Waals surface area contributed by atoms with E-state index in [4.69, 9.17) is 14.6 Å². The summed E-state index contributed by atoms with van der Waals surface area (Å²) in [6.45, 7) is 3.78. The van der Waals surface area contributed by atoms with Gasteiger partial charge in [0, 0.05) is 37.0 Å². The molecule has 1 aromatic carbocycles. The van der Waals surface area contributed by atoms with Crippen LogP contribution >= 0.6 is 0 Å². The van der Waals surface area contributed by atoms with Gasteiger partial charge in [-0.1, -0.05) is 0 Å². The fourth-order valence-electron chi connectivity index (χ4n) is 3.33. The molecular formula is C18H24N7O2+. The summed E-state index contributed by atoms with van der Waals surface area (Å²) in [4.78, 5) is 11.2. The van der Waals surface area contributed by atoms with Crippen LogP contribution in [0.3, 0.4) is 0 Å². The number of quaternary nitrogens is 1. The summed E-state index contributed by atoms with van der Waals surface area (Å²) in [5.74, 6) is 2.70. The van der Waals surface area contributed by atoms with Gasteiger partial charge in [0.2, 0.25) is 0 Å². The van der Waals surface area contributed by atoms with Crippen LogP contribution < -0.4 is 14.8 Å². The number of benzene rings is 1. The van der Waals surface area contributed by atoms with Gasteiger partial charge < -0.3 is 19.7 Å². The van der Waals surface area contributed by atoms with Gasteiger partial charge in [0.15, 0.2) is 6.20 Å². The fourth-order valence-corrected chi connectivity index (χ4v) is 3.33. The second-order valence-electron chi connectivity index (χ2n) is 6.60. The van der Waals surface area contributed by atoms with Crippen LogP contribution in [-0.2, 0) is 0 Å². The summed E-state index contributed by atoms with van der Waals surface area (Å²) in [5.41, 5.74) is 0.798. The van der Waals surface area contributed by atoms with Crippen molar-refractivity contribution in [2.75, 3.05) is 52.8 Å². The largest absolute Gasteiger partial charge is 0.497 e. The predicted octanol–water partition coefficient (Wildman–Crippen LogP) is 1.33. The molecule has 0 aromatic heterocycles. The minimum Gasteiger partial charge on any atom is -0.497 e. The molecule has 3 heterocycles. The minimum absolute atomic E-state index is 0.223. The van der Waals surface area contributed by atoms with Gasteiger partial charge in [-0.3, -0.25) is 4.99 Å². The van der Waals surface area contributed by atoms with Crippen LogP contribution in [0.2, 0.25) is 0 Å². The highest BCUT2D eigenvalue weighted by atomic mass is 16.5. The molecule has 9 heteroatoms. The highest BCUT2D eigenvalue weighted by Gasteiger charge is 2.47. The molecule has 1 aromatic rings. The zero-order chi connectivity index (χ0) is 18.9. The van der Waals surface area contributed by atoms with E-state index in [1.165, 1.54) is 0 Å². The second-order valence-corrected chi connectivity index (χ2v) is 6.60. The van der Waals surface area contributed by atoms with Gasteiger partial charge in [0.25, 0.3) is 5.96 Å². The SMILES string of the molecule is COc1cc(NC2=N[N+]3(N4CCN(C)CC4)C=CN=CC3=N2)cc(OC)c1. The Morgan fingerprint density at radius 2 is 1.74 bits per heavy atom. The number of nitrogens with one attached hydrogen (secondary N) is 1. The maximum atomic E-state index is 5.34. The number of aliphatic imine (C=N–C) groups is 2. The molecule has 1 N–H and O–H groups in total. The molecule has 1 unspecified atom stereocenters. The van der Waals surface area contributed by atoms with Crippen molar-refractivity contribution in [2.24, 2.45) is 15.1 Å². The third kappa shape index (κ3) is 3.32. The lowest BCUT2D eigenvalue weighted by molar-refractivity contribution is -0.918. The number of ether oxygens (including phenoxy) is 2. The Balaban J connectivity index is 1.63. The van der Waals surface area contributed by atoms with Crippen molar-refractivity contribution in [2.45, 2.75) is 0 Å². The average molecular weight is 370 g/mol. The lowest BCUT2D eigenvalue weighted by Gasteiger charge is -2.39. The molecule has 9 nitrogen and oxygen atoms in total. The molecule has 3 aliphatic heterocycles. The van der Waals surface area contributed by atoms with E-state index < -0.39 is 0 Å². The molecular weight excluding hydrogens is 346 g/mol. The molecule has 3 aliphatic rings. The Labute approximate surface area is 158 Å². The number of hydrogen-bond acceptors (Lipinski definition) is 8. The normalized spacial score (nSPS) is 25.0. The molecule has 0 aliphatic carbocycles. The summed E-state index contributed by atoms with van der Waals surface area (Å²) in [7, 11) is 5.39. The zero-order valence-corrected chi connectivity index (χ0v) is 15.8. The van der Waals surface area contributed by atoms with Gasteiger partial charge >= 0.3 is 5.84 Å². The molecule has 1 atom stereocenters. The van der Waals surface area contributed by atoms with Crippen molar-refractivity contribution in [1.29, 1.82) is 0 Å². The Kier molecular flexibility index (Phi) is 4.65. The number of fused-ring (bicyclic) bond motifs is 1. The topological polar surface area (TPSA) is 74.0 Å². The van der Waals surface area contributed by atoms with Crippen molar-refractivity contribution in [3.8, 4) is 11.5 Å². The van der Waals surface area contributed by atoms with E-state index in [0.29, 0.717) is 17.5 Å². The monoisotopic (exact) mass is 370 g/mol. The van der Waals surface area contributed by atoms with Crippen LogP contribution in [0.15, 0.2) is 45.7 Å². The van der Waals surface area contributed by atoms with Crippen LogP contribution in [0.5, 0.6) is 11.5 Å². The van der Waals surface area contributed by atoms with Crippen molar-refractivity contribution in [3.05, 3.63) is 30.6 Å². The fraction of sp³-hybridized carbons (Fsp3) is 0.389. The number of hydrogen-bond donors (Lipinski definition) is 1. The maximum Gasteiger partial charge on any atom is 0.301 e. The highest BCUT2D eigenvalue weighted by molar-refractivity contribution is 6.30. The molecule has 4 rings (SSSR count). The molecule has 0 saturated carbocycles. The van der Waals surface area contributed by atoms with E-state index in [-0.39, 0.29) is 4.70 Å². The Morgan fingerprint density at radius 1 is 1.04 bits per heavy atom. The van der Waals surface area contributed by atoms with Crippen molar-refractivity contribution < 1.29 is 14.2 Å². The van der Waals surface area contributed by atoms with E-state index in [0.717, 1.165) is 37.7 Å². The van der Waals surface area contributed by atoms with Gasteiger partial charge in [0.05, 0.1) is 33.5 Å². The van der Waals surface area contributed by atoms with E-state index in [2.05, 4.69) is 32.3 Å². The molecule has 0 radical (unpaired) electrons. The minimum atomic E-state index is 0.223. The van der Waals surface area contributed by atoms with Gasteiger partial charge in [-0.15, -0.1) is 10.0 Å². The van der Waals surface area contributed by atoms with E-state index in [9.17, 15) is 0 Å². The van der Waals surface area contributed by atoms with Crippen LogP contribution in [-0.4, -0.2) is 80.1 Å². The second kappa shape index (κ2) is 7.10. The smallest absolute Gasteiger partial charge is 0.301 e. The number of piperazine rings is 1. The first-order chi connectivity index (χ1) is 13.1. The third-order valence-corrected chi connectivity index (χ3v) is 4.87. The third-order valence-electron chi connectivity index (χ3n) is 4.87. The van der Waals surface area contributed by atoms with Gasteiger partial charge in [-0.2, -0.15) is 0 Å². The Morgan fingerprint density at radius 3 is 2.41 bits per heavy atom. The summed E-state index contributed by atoms with van der Waals surface area (Å²) in [6, 6.07) is 5.59. The quantitative estimate of drug-likeness (QED) is 0.810. The lowest BCUT2D eigenvalue weighted by atomic mass is 10.3. The van der Waals surface area contributed by atoms with Gasteiger partial charge in [0.1, 0.15) is 17.7 Å². The summed E-state index contributed by atoms with van der Waals surface area (Å²) < 4.78 is 10.9. The zero-order valence-electron chi connectivity index (χ0n) is 15.8. The lowest BCUT2D eigenvalue weighted by Crippen LogP contribution is -2.61. The Hall–Kier alpha value is -2.75. The molecule has 0 bridgehead atoms. The molecule has 0 amide bonds. The number of guanidine groups is 1. The first-order valence-corrected chi connectivity index (χ1v) is 8.86. The number of amidine groups is 1. The summed E-state index contributed by atoms with van der Waals surface area (Å²) in [5, 5.41) is 10.5. The molecule has 27 heavy (non-hydrogen) atoms. The van der Waals surface area contributed by atoms with Crippen molar-refractivity contribution in [3.63, 3.8) is 0 Å². The number of likely N-dealkylation sites (N-methyl/N-ethyl adjacent to an activating group) is 1. The number of rotatable bonds is 4. The number of methoxy groups -OCH3 is 2. The van der Waals surface area contributed by atoms with E-state index in [1.807, 2.05) is 24.4 Å². The first-order valence-electron chi connectivity index (χ1n) is 8.86. The van der Waals surface area contributed by atoms with Gasteiger partial charge in [-0.25, -0.2) is 0 Å². The predicted molar refractivity (Wildman–Crippen MR) is 105 cm³/mol.